The van der Waals surface area contributed by atoms with Gasteiger partial charge in [-0.25, -0.2) is 0 Å². The molecule has 0 amide bonds. The monoisotopic (exact) mass is 422 g/mol. The number of benzene rings is 1. The summed E-state index contributed by atoms with van der Waals surface area (Å²) in [6.07, 6.45) is -0.143. The summed E-state index contributed by atoms with van der Waals surface area (Å²) in [5.74, 6) is 0.703. The third-order valence-electron chi connectivity index (χ3n) is 3.02. The average Bonchev–Trinajstić information content (AvgIpc) is 2.70. The summed E-state index contributed by atoms with van der Waals surface area (Å²) in [5, 5.41) is 10.8. The summed E-state index contributed by atoms with van der Waals surface area (Å²) >= 11 is 14.5. The molecule has 2 heterocycles. The maximum absolute atomic E-state index is 10.2. The van der Waals surface area contributed by atoms with Crippen molar-refractivity contribution in [1.82, 2.24) is 0 Å². The molecule has 0 spiro atoms. The number of hydrogen-bond donors (Lipinski definition) is 1. The Hall–Kier alpha value is -0.0700. The van der Waals surface area contributed by atoms with Crippen molar-refractivity contribution in [1.29, 1.82) is 0 Å². The highest BCUT2D eigenvalue weighted by Gasteiger charge is 2.29. The maximum atomic E-state index is 10.2. The van der Waals surface area contributed by atoms with Gasteiger partial charge in [0.2, 0.25) is 0 Å². The minimum atomic E-state index is -0.549. The van der Waals surface area contributed by atoms with Gasteiger partial charge in [0.15, 0.2) is 0 Å². The molecular weight excluding hydrogens is 415 g/mol. The highest BCUT2D eigenvalue weighted by Crippen LogP contribution is 2.45. The number of halogens is 3. The van der Waals surface area contributed by atoms with Gasteiger partial charge in [-0.05, 0) is 56.1 Å². The van der Waals surface area contributed by atoms with Crippen LogP contribution < -0.4 is 4.74 Å². The van der Waals surface area contributed by atoms with Gasteiger partial charge in [0, 0.05) is 26.4 Å². The Morgan fingerprint density at radius 2 is 2.11 bits per heavy atom. The minimum Gasteiger partial charge on any atom is -0.484 e. The van der Waals surface area contributed by atoms with Crippen LogP contribution in [0.3, 0.4) is 0 Å². The lowest BCUT2D eigenvalue weighted by atomic mass is 9.98. The Kier molecular flexibility index (Phi) is 3.93. The second kappa shape index (κ2) is 5.37. The van der Waals surface area contributed by atoms with Gasteiger partial charge >= 0.3 is 0 Å². The Bertz CT molecular complexity index is 610. The van der Waals surface area contributed by atoms with Crippen molar-refractivity contribution in [2.75, 3.05) is 0 Å². The lowest BCUT2D eigenvalue weighted by molar-refractivity contribution is 0.0674. The molecule has 6 heteroatoms. The van der Waals surface area contributed by atoms with Crippen molar-refractivity contribution >= 4 is 54.8 Å². The molecule has 1 aromatic heterocycles. The fourth-order valence-electron chi connectivity index (χ4n) is 2.11. The van der Waals surface area contributed by atoms with Crippen molar-refractivity contribution in [3.8, 4) is 5.75 Å². The molecule has 0 radical (unpaired) electrons. The fourth-order valence-corrected chi connectivity index (χ4v) is 4.43. The van der Waals surface area contributed by atoms with E-state index < -0.39 is 6.10 Å². The highest BCUT2D eigenvalue weighted by atomic mass is 79.9. The first-order valence-electron chi connectivity index (χ1n) is 5.63. The first-order chi connectivity index (χ1) is 9.04. The predicted octanol–water partition coefficient (Wildman–Crippen LogP) is 5.48. The van der Waals surface area contributed by atoms with Gasteiger partial charge in [0.05, 0.1) is 9.89 Å². The summed E-state index contributed by atoms with van der Waals surface area (Å²) in [6.45, 7) is 0. The van der Waals surface area contributed by atoms with Gasteiger partial charge in [0.1, 0.15) is 11.9 Å². The molecule has 0 aliphatic carbocycles. The second-order valence-corrected chi connectivity index (χ2v) is 8.00. The Balaban J connectivity index is 1.94. The number of aliphatic hydroxyl groups is 1. The van der Waals surface area contributed by atoms with E-state index in [0.29, 0.717) is 17.2 Å². The number of ether oxygens (including phenoxy) is 1. The van der Waals surface area contributed by atoms with E-state index in [1.165, 1.54) is 0 Å². The van der Waals surface area contributed by atoms with Gasteiger partial charge in [0.25, 0.3) is 0 Å². The molecule has 1 aliphatic heterocycles. The van der Waals surface area contributed by atoms with Gasteiger partial charge in [-0.3, -0.25) is 0 Å². The molecule has 2 atom stereocenters. The van der Waals surface area contributed by atoms with Gasteiger partial charge < -0.3 is 9.84 Å². The van der Waals surface area contributed by atoms with Crippen LogP contribution in [-0.4, -0.2) is 5.11 Å². The van der Waals surface area contributed by atoms with Gasteiger partial charge in [-0.15, -0.1) is 11.3 Å². The number of rotatable bonds is 1. The maximum Gasteiger partial charge on any atom is 0.136 e. The standard InChI is InChI=1S/C13H9Br2ClO2S/c14-8-4-12(19-13(8)15)11-5-9(17)7-3-6(16)1-2-10(7)18-11/h1-4,9,11,17H,5H2/t9-,11?/m1/s1. The molecule has 0 fully saturated rings. The zero-order valence-corrected chi connectivity index (χ0v) is 14.3. The van der Waals surface area contributed by atoms with E-state index >= 15 is 0 Å². The molecule has 1 unspecified atom stereocenters. The van der Waals surface area contributed by atoms with Crippen LogP contribution in [0.25, 0.3) is 0 Å². The van der Waals surface area contributed by atoms with Crippen LogP contribution in [0.2, 0.25) is 5.02 Å². The van der Waals surface area contributed by atoms with Crippen LogP contribution in [0.15, 0.2) is 32.5 Å². The normalized spacial score (nSPS) is 21.9. The van der Waals surface area contributed by atoms with E-state index in [9.17, 15) is 5.11 Å². The molecule has 1 N–H and O–H groups in total. The summed E-state index contributed by atoms with van der Waals surface area (Å²) in [5.41, 5.74) is 0.762. The third-order valence-corrected chi connectivity index (χ3v) is 6.60. The largest absolute Gasteiger partial charge is 0.484 e. The van der Waals surface area contributed by atoms with E-state index in [1.54, 1.807) is 23.5 Å². The van der Waals surface area contributed by atoms with Crippen LogP contribution in [0.1, 0.15) is 29.1 Å². The van der Waals surface area contributed by atoms with Gasteiger partial charge in [-0.1, -0.05) is 11.6 Å². The highest BCUT2D eigenvalue weighted by molar-refractivity contribution is 9.13. The average molecular weight is 425 g/mol. The third kappa shape index (κ3) is 2.72. The van der Waals surface area contributed by atoms with E-state index in [0.717, 1.165) is 18.7 Å². The Morgan fingerprint density at radius 1 is 1.32 bits per heavy atom. The van der Waals surface area contributed by atoms with Crippen LogP contribution in [0, 0.1) is 0 Å². The fraction of sp³-hybridized carbons (Fsp3) is 0.231. The summed E-state index contributed by atoms with van der Waals surface area (Å²) in [6, 6.07) is 7.37. The number of thiophene rings is 1. The SMILES string of the molecule is O[C@@H]1CC(c2cc(Br)c(Br)s2)Oc2ccc(Cl)cc21. The van der Waals surface area contributed by atoms with E-state index in [2.05, 4.69) is 31.9 Å². The smallest absolute Gasteiger partial charge is 0.136 e. The van der Waals surface area contributed by atoms with E-state index in [-0.39, 0.29) is 6.10 Å². The molecule has 19 heavy (non-hydrogen) atoms. The topological polar surface area (TPSA) is 29.5 Å². The van der Waals surface area contributed by atoms with Crippen molar-refractivity contribution in [3.63, 3.8) is 0 Å². The number of hydrogen-bond acceptors (Lipinski definition) is 3. The van der Waals surface area contributed by atoms with Gasteiger partial charge in [-0.2, -0.15) is 0 Å². The molecule has 2 nitrogen and oxygen atoms in total. The van der Waals surface area contributed by atoms with Crippen LogP contribution in [-0.2, 0) is 0 Å². The molecule has 2 aromatic rings. The van der Waals surface area contributed by atoms with E-state index in [1.807, 2.05) is 12.1 Å². The van der Waals surface area contributed by atoms with Crippen molar-refractivity contribution in [3.05, 3.63) is 48.0 Å². The summed E-state index contributed by atoms with van der Waals surface area (Å²) in [7, 11) is 0. The second-order valence-electron chi connectivity index (χ2n) is 4.31. The Labute approximate surface area is 136 Å². The molecule has 100 valence electrons. The summed E-state index contributed by atoms with van der Waals surface area (Å²) in [4.78, 5) is 1.08. The Morgan fingerprint density at radius 3 is 2.79 bits per heavy atom. The molecule has 0 saturated heterocycles. The molecule has 0 saturated carbocycles. The molecule has 3 rings (SSSR count). The van der Waals surface area contributed by atoms with Crippen molar-refractivity contribution < 1.29 is 9.84 Å². The molecule has 0 bridgehead atoms. The number of fused-ring (bicyclic) bond motifs is 1. The quantitative estimate of drug-likeness (QED) is 0.657. The van der Waals surface area contributed by atoms with Crippen LogP contribution >= 0.6 is 54.8 Å². The zero-order valence-electron chi connectivity index (χ0n) is 9.57. The first-order valence-corrected chi connectivity index (χ1v) is 8.41. The first kappa shape index (κ1) is 13.9. The minimum absolute atomic E-state index is 0.128. The lowest BCUT2D eigenvalue weighted by Gasteiger charge is -2.29. The molecule has 1 aromatic carbocycles. The summed E-state index contributed by atoms with van der Waals surface area (Å²) < 4.78 is 8.00. The lowest BCUT2D eigenvalue weighted by Crippen LogP contribution is -2.18. The molecule has 1 aliphatic rings. The van der Waals surface area contributed by atoms with Crippen LogP contribution in [0.5, 0.6) is 5.75 Å². The van der Waals surface area contributed by atoms with Crippen molar-refractivity contribution in [2.45, 2.75) is 18.6 Å². The van der Waals surface area contributed by atoms with Crippen LogP contribution in [0.4, 0.5) is 0 Å². The molecular formula is C13H9Br2ClO2S. The van der Waals surface area contributed by atoms with E-state index in [4.69, 9.17) is 16.3 Å². The predicted molar refractivity (Wildman–Crippen MR) is 84.1 cm³/mol. The zero-order chi connectivity index (χ0) is 13.6. The number of aliphatic hydroxyl groups excluding tert-OH is 1. The van der Waals surface area contributed by atoms with Crippen molar-refractivity contribution in [2.24, 2.45) is 0 Å².